The van der Waals surface area contributed by atoms with Crippen LogP contribution in [-0.2, 0) is 17.9 Å². The lowest BCUT2D eigenvalue weighted by Gasteiger charge is -2.14. The Labute approximate surface area is 190 Å². The average molecular weight is 447 g/mol. The molecule has 0 atom stereocenters. The summed E-state index contributed by atoms with van der Waals surface area (Å²) in [6.45, 7) is 2.52. The minimum atomic E-state index is -0.231. The minimum Gasteiger partial charge on any atom is -0.493 e. The standard InChI is InChI=1S/C24H25N5O4/c1-16-6-4-8-18-22(16)25-15-28(24(18)31)13-11-21(30)27-20-10-12-26-29(20)14-17-7-5-9-19(32-2)23(17)33-3/h4-10,12,15H,11,13-14H2,1-3H3,(H,27,30). The Balaban J connectivity index is 1.45. The summed E-state index contributed by atoms with van der Waals surface area (Å²) in [5, 5.41) is 7.72. The first-order chi connectivity index (χ1) is 16.0. The highest BCUT2D eigenvalue weighted by Crippen LogP contribution is 2.31. The van der Waals surface area contributed by atoms with Crippen molar-refractivity contribution in [2.24, 2.45) is 0 Å². The van der Waals surface area contributed by atoms with Gasteiger partial charge in [-0.25, -0.2) is 9.67 Å². The molecule has 0 aliphatic rings. The molecule has 9 heteroatoms. The molecule has 4 aromatic rings. The smallest absolute Gasteiger partial charge is 0.261 e. The van der Waals surface area contributed by atoms with Crippen LogP contribution in [0.25, 0.3) is 10.9 Å². The Hall–Kier alpha value is -4.14. The SMILES string of the molecule is COc1cccc(Cn2nccc2NC(=O)CCn2cnc3c(C)cccc3c2=O)c1OC. The normalized spacial score (nSPS) is 10.9. The van der Waals surface area contributed by atoms with Crippen molar-refractivity contribution in [2.45, 2.75) is 26.4 Å². The van der Waals surface area contributed by atoms with Gasteiger partial charge >= 0.3 is 0 Å². The van der Waals surface area contributed by atoms with E-state index in [9.17, 15) is 9.59 Å². The van der Waals surface area contributed by atoms with Crippen molar-refractivity contribution < 1.29 is 14.3 Å². The zero-order chi connectivity index (χ0) is 23.4. The number of fused-ring (bicyclic) bond motifs is 1. The third-order valence-corrected chi connectivity index (χ3v) is 5.42. The minimum absolute atomic E-state index is 0.118. The maximum atomic E-state index is 12.7. The van der Waals surface area contributed by atoms with Crippen LogP contribution in [0.3, 0.4) is 0 Å². The van der Waals surface area contributed by atoms with Gasteiger partial charge in [-0.2, -0.15) is 5.10 Å². The lowest BCUT2D eigenvalue weighted by Crippen LogP contribution is -2.24. The summed E-state index contributed by atoms with van der Waals surface area (Å²) in [4.78, 5) is 29.7. The molecule has 0 saturated heterocycles. The summed E-state index contributed by atoms with van der Waals surface area (Å²) in [5.74, 6) is 1.55. The third-order valence-electron chi connectivity index (χ3n) is 5.42. The number of hydrogen-bond acceptors (Lipinski definition) is 6. The number of para-hydroxylation sites is 2. The molecule has 0 saturated carbocycles. The number of benzene rings is 2. The molecule has 2 aromatic heterocycles. The maximum absolute atomic E-state index is 12.7. The number of nitrogens with zero attached hydrogens (tertiary/aromatic N) is 4. The van der Waals surface area contributed by atoms with Crippen LogP contribution in [0.1, 0.15) is 17.5 Å². The number of carbonyl (C=O) groups is 1. The highest BCUT2D eigenvalue weighted by molar-refractivity contribution is 5.89. The molecule has 4 rings (SSSR count). The fourth-order valence-corrected chi connectivity index (χ4v) is 3.73. The van der Waals surface area contributed by atoms with Gasteiger partial charge < -0.3 is 14.8 Å². The van der Waals surface area contributed by atoms with E-state index in [0.717, 1.165) is 11.1 Å². The molecule has 170 valence electrons. The average Bonchev–Trinajstić information content (AvgIpc) is 3.25. The second-order valence-electron chi connectivity index (χ2n) is 7.54. The van der Waals surface area contributed by atoms with E-state index < -0.39 is 0 Å². The van der Waals surface area contributed by atoms with Crippen molar-refractivity contribution in [1.82, 2.24) is 19.3 Å². The molecular weight excluding hydrogens is 422 g/mol. The van der Waals surface area contributed by atoms with Gasteiger partial charge in [-0.1, -0.05) is 24.3 Å². The Bertz CT molecular complexity index is 1360. The first kappa shape index (κ1) is 22.1. The lowest BCUT2D eigenvalue weighted by molar-refractivity contribution is -0.116. The summed E-state index contributed by atoms with van der Waals surface area (Å²) in [7, 11) is 3.16. The van der Waals surface area contributed by atoms with Crippen molar-refractivity contribution >= 4 is 22.6 Å². The van der Waals surface area contributed by atoms with Crippen LogP contribution >= 0.6 is 0 Å². The largest absolute Gasteiger partial charge is 0.493 e. The Morgan fingerprint density at radius 2 is 1.91 bits per heavy atom. The highest BCUT2D eigenvalue weighted by Gasteiger charge is 2.14. The summed E-state index contributed by atoms with van der Waals surface area (Å²) >= 11 is 0. The van der Waals surface area contributed by atoms with E-state index in [1.165, 1.54) is 10.9 Å². The van der Waals surface area contributed by atoms with Crippen LogP contribution in [0.15, 0.2) is 59.8 Å². The van der Waals surface area contributed by atoms with Gasteiger partial charge in [0.25, 0.3) is 5.56 Å². The quantitative estimate of drug-likeness (QED) is 0.446. The van der Waals surface area contributed by atoms with Gasteiger partial charge in [0.05, 0.1) is 44.2 Å². The van der Waals surface area contributed by atoms with E-state index in [0.29, 0.717) is 34.8 Å². The van der Waals surface area contributed by atoms with Crippen LogP contribution < -0.4 is 20.3 Å². The molecule has 33 heavy (non-hydrogen) atoms. The van der Waals surface area contributed by atoms with Crippen LogP contribution in [0.2, 0.25) is 0 Å². The van der Waals surface area contributed by atoms with E-state index in [4.69, 9.17) is 9.47 Å². The van der Waals surface area contributed by atoms with Crippen molar-refractivity contribution in [2.75, 3.05) is 19.5 Å². The molecule has 1 amide bonds. The molecule has 0 radical (unpaired) electrons. The van der Waals surface area contributed by atoms with Crippen LogP contribution in [0, 0.1) is 6.92 Å². The van der Waals surface area contributed by atoms with Crippen molar-refractivity contribution in [3.63, 3.8) is 0 Å². The summed E-state index contributed by atoms with van der Waals surface area (Å²) in [6.07, 6.45) is 3.22. The lowest BCUT2D eigenvalue weighted by atomic mass is 10.1. The molecule has 0 bridgehead atoms. The highest BCUT2D eigenvalue weighted by atomic mass is 16.5. The monoisotopic (exact) mass is 447 g/mol. The second kappa shape index (κ2) is 9.56. The second-order valence-corrected chi connectivity index (χ2v) is 7.54. The van der Waals surface area contributed by atoms with E-state index in [1.807, 2.05) is 37.3 Å². The molecule has 0 unspecified atom stereocenters. The van der Waals surface area contributed by atoms with Crippen molar-refractivity contribution in [1.29, 1.82) is 0 Å². The topological polar surface area (TPSA) is 100 Å². The van der Waals surface area contributed by atoms with Gasteiger partial charge in [-0.3, -0.25) is 14.2 Å². The predicted molar refractivity (Wildman–Crippen MR) is 125 cm³/mol. The molecular formula is C24H25N5O4. The summed E-state index contributed by atoms with van der Waals surface area (Å²) in [6, 6.07) is 12.8. The number of aryl methyl sites for hydroxylation is 2. The Morgan fingerprint density at radius 1 is 1.09 bits per heavy atom. The number of amides is 1. The van der Waals surface area contributed by atoms with E-state index >= 15 is 0 Å². The van der Waals surface area contributed by atoms with Gasteiger partial charge in [-0.05, 0) is 24.6 Å². The van der Waals surface area contributed by atoms with E-state index in [2.05, 4.69) is 15.4 Å². The van der Waals surface area contributed by atoms with Gasteiger partial charge in [-0.15, -0.1) is 0 Å². The number of hydrogen-bond donors (Lipinski definition) is 1. The molecule has 1 N–H and O–H groups in total. The van der Waals surface area contributed by atoms with E-state index in [1.54, 1.807) is 37.2 Å². The van der Waals surface area contributed by atoms with Gasteiger partial charge in [0.15, 0.2) is 11.5 Å². The zero-order valence-electron chi connectivity index (χ0n) is 18.7. The molecule has 0 fully saturated rings. The molecule has 0 aliphatic carbocycles. The number of carbonyl (C=O) groups excluding carboxylic acids is 1. The van der Waals surface area contributed by atoms with E-state index in [-0.39, 0.29) is 24.4 Å². The molecule has 0 aliphatic heterocycles. The number of ether oxygens (including phenoxy) is 2. The maximum Gasteiger partial charge on any atom is 0.261 e. The Kier molecular flexibility index (Phi) is 6.39. The number of methoxy groups -OCH3 is 2. The number of anilines is 1. The molecule has 2 aromatic carbocycles. The molecule has 2 heterocycles. The van der Waals surface area contributed by atoms with Gasteiger partial charge in [0, 0.05) is 24.6 Å². The van der Waals surface area contributed by atoms with Gasteiger partial charge in [0.2, 0.25) is 5.91 Å². The molecule has 0 spiro atoms. The van der Waals surface area contributed by atoms with Crippen molar-refractivity contribution in [3.8, 4) is 11.5 Å². The fourth-order valence-electron chi connectivity index (χ4n) is 3.73. The summed E-state index contributed by atoms with van der Waals surface area (Å²) in [5.41, 5.74) is 2.32. The number of nitrogens with one attached hydrogen (secondary N) is 1. The Morgan fingerprint density at radius 3 is 2.70 bits per heavy atom. The fraction of sp³-hybridized carbons (Fsp3) is 0.250. The van der Waals surface area contributed by atoms with Crippen molar-refractivity contribution in [3.05, 3.63) is 76.5 Å². The van der Waals surface area contributed by atoms with Crippen LogP contribution in [0.4, 0.5) is 5.82 Å². The first-order valence-electron chi connectivity index (χ1n) is 10.5. The van der Waals surface area contributed by atoms with Crippen LogP contribution in [-0.4, -0.2) is 39.5 Å². The molecule has 9 nitrogen and oxygen atoms in total. The number of aromatic nitrogens is 4. The van der Waals surface area contributed by atoms with Crippen LogP contribution in [0.5, 0.6) is 11.5 Å². The first-order valence-corrected chi connectivity index (χ1v) is 10.5. The van der Waals surface area contributed by atoms with Gasteiger partial charge in [0.1, 0.15) is 5.82 Å². The summed E-state index contributed by atoms with van der Waals surface area (Å²) < 4.78 is 14.0. The predicted octanol–water partition coefficient (Wildman–Crippen LogP) is 3.00. The number of rotatable bonds is 8. The zero-order valence-corrected chi connectivity index (χ0v) is 18.7. The third kappa shape index (κ3) is 4.57.